The largest absolute Gasteiger partial charge is 0.508 e. The van der Waals surface area contributed by atoms with Gasteiger partial charge in [0.2, 0.25) is 0 Å². The van der Waals surface area contributed by atoms with Crippen LogP contribution in [0.25, 0.3) is 0 Å². The van der Waals surface area contributed by atoms with Crippen LogP contribution in [-0.4, -0.2) is 5.11 Å². The van der Waals surface area contributed by atoms with Crippen LogP contribution in [0.3, 0.4) is 0 Å². The third-order valence-corrected chi connectivity index (χ3v) is 5.79. The molecule has 0 atom stereocenters. The highest BCUT2D eigenvalue weighted by Crippen LogP contribution is 2.37. The molecule has 2 nitrogen and oxygen atoms in total. The SMILES string of the molecule is CC(C)(c1ccc(O)cc1)c1cccc(C(C)(C)c2ccc(OS)cc2)c1. The van der Waals surface area contributed by atoms with E-state index in [1.54, 1.807) is 12.1 Å². The maximum Gasteiger partial charge on any atom is 0.137 e. The van der Waals surface area contributed by atoms with E-state index in [4.69, 9.17) is 4.18 Å². The van der Waals surface area contributed by atoms with Crippen molar-refractivity contribution in [2.24, 2.45) is 0 Å². The van der Waals surface area contributed by atoms with Gasteiger partial charge in [-0.1, -0.05) is 76.2 Å². The second-order valence-corrected chi connectivity index (χ2v) is 8.18. The van der Waals surface area contributed by atoms with E-state index >= 15 is 0 Å². The summed E-state index contributed by atoms with van der Waals surface area (Å²) in [6.07, 6.45) is 0. The average molecular weight is 379 g/mol. The van der Waals surface area contributed by atoms with E-state index in [9.17, 15) is 5.11 Å². The second-order valence-electron chi connectivity index (χ2n) is 7.99. The van der Waals surface area contributed by atoms with Gasteiger partial charge >= 0.3 is 0 Å². The molecule has 3 aromatic carbocycles. The quantitative estimate of drug-likeness (QED) is 0.405. The number of phenols is 1. The second kappa shape index (κ2) is 7.32. The molecular weight excluding hydrogens is 352 g/mol. The van der Waals surface area contributed by atoms with E-state index in [2.05, 4.69) is 77.0 Å². The lowest BCUT2D eigenvalue weighted by Crippen LogP contribution is -2.22. The van der Waals surface area contributed by atoms with Gasteiger partial charge in [0.25, 0.3) is 0 Å². The number of hydrogen-bond donors (Lipinski definition) is 2. The fraction of sp³-hybridized carbons (Fsp3) is 0.250. The molecule has 0 heterocycles. The molecule has 1 N–H and O–H groups in total. The highest BCUT2D eigenvalue weighted by atomic mass is 32.1. The van der Waals surface area contributed by atoms with E-state index in [1.165, 1.54) is 22.3 Å². The van der Waals surface area contributed by atoms with Crippen LogP contribution in [0.4, 0.5) is 0 Å². The summed E-state index contributed by atoms with van der Waals surface area (Å²) in [6, 6.07) is 24.3. The Morgan fingerprint density at radius 2 is 1.11 bits per heavy atom. The third-order valence-electron chi connectivity index (χ3n) is 5.58. The predicted octanol–water partition coefficient (Wildman–Crippen LogP) is 6.27. The van der Waals surface area contributed by atoms with E-state index in [1.807, 2.05) is 24.3 Å². The molecule has 0 unspecified atom stereocenters. The Morgan fingerprint density at radius 3 is 1.56 bits per heavy atom. The first-order valence-electron chi connectivity index (χ1n) is 9.07. The Bertz CT molecular complexity index is 910. The Morgan fingerprint density at radius 1 is 0.667 bits per heavy atom. The zero-order valence-corrected chi connectivity index (χ0v) is 17.1. The maximum atomic E-state index is 9.59. The first-order valence-corrected chi connectivity index (χ1v) is 9.44. The smallest absolute Gasteiger partial charge is 0.137 e. The zero-order valence-electron chi connectivity index (χ0n) is 16.2. The van der Waals surface area contributed by atoms with Crippen molar-refractivity contribution in [2.45, 2.75) is 38.5 Å². The van der Waals surface area contributed by atoms with Gasteiger partial charge in [-0.15, -0.1) is 0 Å². The molecule has 0 amide bonds. The van der Waals surface area contributed by atoms with Crippen molar-refractivity contribution in [3.63, 3.8) is 0 Å². The molecule has 3 heteroatoms. The number of thiol groups is 1. The van der Waals surface area contributed by atoms with Crippen molar-refractivity contribution in [1.82, 2.24) is 0 Å². The van der Waals surface area contributed by atoms with E-state index in [-0.39, 0.29) is 16.6 Å². The standard InChI is InChI=1S/C24H26O2S/c1-23(2,17-8-12-21(25)13-9-17)19-6-5-7-20(16-19)24(3,4)18-10-14-22(26-27)15-11-18/h5-16,25,27H,1-4H3. The van der Waals surface area contributed by atoms with Gasteiger partial charge in [-0.25, -0.2) is 0 Å². The molecule has 0 saturated carbocycles. The van der Waals surface area contributed by atoms with Crippen molar-refractivity contribution in [1.29, 1.82) is 0 Å². The molecule has 140 valence electrons. The number of phenolic OH excluding ortho intramolecular Hbond substituents is 1. The van der Waals surface area contributed by atoms with Gasteiger partial charge in [0.05, 0.1) is 0 Å². The summed E-state index contributed by atoms with van der Waals surface area (Å²) in [5, 5.41) is 9.59. The molecule has 0 aromatic heterocycles. The zero-order chi connectivity index (χ0) is 19.7. The minimum atomic E-state index is -0.163. The summed E-state index contributed by atoms with van der Waals surface area (Å²) < 4.78 is 4.99. The maximum absolute atomic E-state index is 9.59. The van der Waals surface area contributed by atoms with Crippen LogP contribution in [0, 0.1) is 0 Å². The van der Waals surface area contributed by atoms with Gasteiger partial charge in [0, 0.05) is 23.7 Å². The molecule has 0 fully saturated rings. The highest BCUT2D eigenvalue weighted by Gasteiger charge is 2.27. The molecule has 0 radical (unpaired) electrons. The molecule has 0 aliphatic heterocycles. The summed E-state index contributed by atoms with van der Waals surface area (Å²) in [7, 11) is 0. The first-order chi connectivity index (χ1) is 12.7. The Labute approximate surface area is 167 Å². The summed E-state index contributed by atoms with van der Waals surface area (Å²) in [5.41, 5.74) is 4.59. The number of rotatable bonds is 5. The van der Waals surface area contributed by atoms with Gasteiger partial charge in [-0.3, -0.25) is 0 Å². The van der Waals surface area contributed by atoms with Crippen LogP contribution < -0.4 is 4.18 Å². The van der Waals surface area contributed by atoms with Crippen molar-refractivity contribution in [3.8, 4) is 11.5 Å². The Kier molecular flexibility index (Phi) is 5.25. The van der Waals surface area contributed by atoms with Crippen LogP contribution in [0.5, 0.6) is 11.5 Å². The summed E-state index contributed by atoms with van der Waals surface area (Å²) in [6.45, 7) is 8.89. The fourth-order valence-corrected chi connectivity index (χ4v) is 3.56. The summed E-state index contributed by atoms with van der Waals surface area (Å²) in [4.78, 5) is 0. The van der Waals surface area contributed by atoms with Gasteiger partial charge in [0.15, 0.2) is 0 Å². The number of hydrogen-bond acceptors (Lipinski definition) is 3. The Hall–Kier alpha value is -2.39. The lowest BCUT2D eigenvalue weighted by Gasteiger charge is -2.31. The molecule has 3 aromatic rings. The topological polar surface area (TPSA) is 29.5 Å². The minimum Gasteiger partial charge on any atom is -0.508 e. The minimum absolute atomic E-state index is 0.143. The highest BCUT2D eigenvalue weighted by molar-refractivity contribution is 7.75. The summed E-state index contributed by atoms with van der Waals surface area (Å²) in [5.74, 6) is 1.03. The Balaban J connectivity index is 1.99. The van der Waals surface area contributed by atoms with Crippen LogP contribution in [0.1, 0.15) is 49.9 Å². The molecule has 27 heavy (non-hydrogen) atoms. The third kappa shape index (κ3) is 3.84. The van der Waals surface area contributed by atoms with E-state index in [0.717, 1.165) is 5.75 Å². The van der Waals surface area contributed by atoms with Gasteiger partial charge in [-0.05, 0) is 46.5 Å². The lowest BCUT2D eigenvalue weighted by molar-refractivity contribution is 0.474. The van der Waals surface area contributed by atoms with Crippen molar-refractivity contribution < 1.29 is 9.29 Å². The van der Waals surface area contributed by atoms with Crippen LogP contribution in [-0.2, 0) is 10.8 Å². The van der Waals surface area contributed by atoms with Gasteiger partial charge in [-0.2, -0.15) is 0 Å². The van der Waals surface area contributed by atoms with Crippen molar-refractivity contribution in [3.05, 3.63) is 95.1 Å². The lowest BCUT2D eigenvalue weighted by atomic mass is 9.73. The molecule has 0 spiro atoms. The number of benzene rings is 3. The first kappa shape index (κ1) is 19.4. The molecule has 0 bridgehead atoms. The normalized spacial score (nSPS) is 12.0. The fourth-order valence-electron chi connectivity index (χ4n) is 3.44. The van der Waals surface area contributed by atoms with Crippen molar-refractivity contribution in [2.75, 3.05) is 0 Å². The molecule has 3 rings (SSSR count). The molecule has 0 aliphatic carbocycles. The van der Waals surface area contributed by atoms with Gasteiger partial charge < -0.3 is 9.29 Å². The molecular formula is C24H26O2S. The van der Waals surface area contributed by atoms with Crippen LogP contribution >= 0.6 is 12.9 Å². The molecule has 0 aliphatic rings. The van der Waals surface area contributed by atoms with E-state index < -0.39 is 0 Å². The number of aromatic hydroxyl groups is 1. The summed E-state index contributed by atoms with van der Waals surface area (Å²) >= 11 is 3.86. The molecule has 0 saturated heterocycles. The predicted molar refractivity (Wildman–Crippen MR) is 115 cm³/mol. The average Bonchev–Trinajstić information content (AvgIpc) is 2.68. The van der Waals surface area contributed by atoms with Crippen LogP contribution in [0.15, 0.2) is 72.8 Å². The van der Waals surface area contributed by atoms with E-state index in [0.29, 0.717) is 0 Å². The van der Waals surface area contributed by atoms with Crippen molar-refractivity contribution >= 4 is 12.9 Å². The monoisotopic (exact) mass is 378 g/mol. The van der Waals surface area contributed by atoms with Gasteiger partial charge in [0.1, 0.15) is 11.5 Å². The van der Waals surface area contributed by atoms with Crippen LogP contribution in [0.2, 0.25) is 0 Å².